The molecule has 1 amide bonds. The van der Waals surface area contributed by atoms with E-state index in [-0.39, 0.29) is 11.9 Å². The molecule has 2 unspecified atom stereocenters. The molecule has 2 rings (SSSR count). The predicted octanol–water partition coefficient (Wildman–Crippen LogP) is 0.462. The number of aromatic nitrogens is 1. The Morgan fingerprint density at radius 2 is 2.32 bits per heavy atom. The molecule has 1 fully saturated rings. The minimum Gasteiger partial charge on any atom is -0.337 e. The first-order chi connectivity index (χ1) is 9.13. The molecule has 1 aliphatic rings. The minimum atomic E-state index is -0.214. The second-order valence-electron chi connectivity index (χ2n) is 5.18. The number of carbonyl (C=O) groups is 1. The lowest BCUT2D eigenvalue weighted by Crippen LogP contribution is -2.50. The third-order valence-electron chi connectivity index (χ3n) is 3.92. The molecule has 2 atom stereocenters. The zero-order valence-electron chi connectivity index (χ0n) is 11.6. The highest BCUT2D eigenvalue weighted by Crippen LogP contribution is 2.17. The standard InChI is InChI=1S/C14H22N4O/c1-11-5-7-18(10-12-4-3-6-16-9-12)14(19)13(8-15)17(11)2/h3-4,6,9,11,13H,5,7-8,10,15H2,1-2H3. The number of amides is 1. The van der Waals surface area contributed by atoms with Gasteiger partial charge in [0.05, 0.1) is 0 Å². The molecule has 19 heavy (non-hydrogen) atoms. The lowest BCUT2D eigenvalue weighted by atomic mass is 10.2. The normalized spacial score (nSPS) is 25.4. The molecule has 0 aromatic carbocycles. The lowest BCUT2D eigenvalue weighted by Gasteiger charge is -2.29. The highest BCUT2D eigenvalue weighted by atomic mass is 16.2. The number of rotatable bonds is 3. The number of hydrogen-bond donors (Lipinski definition) is 1. The van der Waals surface area contributed by atoms with Gasteiger partial charge < -0.3 is 10.6 Å². The van der Waals surface area contributed by atoms with Gasteiger partial charge in [0.2, 0.25) is 5.91 Å². The first-order valence-electron chi connectivity index (χ1n) is 6.73. The third kappa shape index (κ3) is 3.11. The van der Waals surface area contributed by atoms with Gasteiger partial charge in [-0.2, -0.15) is 0 Å². The molecule has 0 aliphatic carbocycles. The van der Waals surface area contributed by atoms with Crippen LogP contribution in [0.1, 0.15) is 18.9 Å². The zero-order chi connectivity index (χ0) is 13.8. The Bertz CT molecular complexity index is 423. The van der Waals surface area contributed by atoms with E-state index in [1.54, 1.807) is 6.20 Å². The smallest absolute Gasteiger partial charge is 0.241 e. The first kappa shape index (κ1) is 14.0. The fourth-order valence-electron chi connectivity index (χ4n) is 2.48. The summed E-state index contributed by atoms with van der Waals surface area (Å²) in [6, 6.07) is 4.05. The van der Waals surface area contributed by atoms with Gasteiger partial charge in [0.15, 0.2) is 0 Å². The Morgan fingerprint density at radius 3 is 2.95 bits per heavy atom. The Morgan fingerprint density at radius 1 is 1.53 bits per heavy atom. The number of carbonyl (C=O) groups excluding carboxylic acids is 1. The summed E-state index contributed by atoms with van der Waals surface area (Å²) in [7, 11) is 1.98. The van der Waals surface area contributed by atoms with Crippen molar-refractivity contribution >= 4 is 5.91 Å². The molecule has 1 aliphatic heterocycles. The molecule has 0 saturated carbocycles. The van der Waals surface area contributed by atoms with Crippen LogP contribution in [0.25, 0.3) is 0 Å². The van der Waals surface area contributed by atoms with Gasteiger partial charge in [0.25, 0.3) is 0 Å². The summed E-state index contributed by atoms with van der Waals surface area (Å²) in [5, 5.41) is 0. The van der Waals surface area contributed by atoms with Crippen LogP contribution in [0.3, 0.4) is 0 Å². The molecule has 5 heteroatoms. The predicted molar refractivity (Wildman–Crippen MR) is 74.3 cm³/mol. The summed E-state index contributed by atoms with van der Waals surface area (Å²) in [5.74, 6) is 0.123. The van der Waals surface area contributed by atoms with E-state index in [4.69, 9.17) is 5.73 Å². The summed E-state index contributed by atoms with van der Waals surface area (Å²) in [4.78, 5) is 20.6. The van der Waals surface area contributed by atoms with Gasteiger partial charge in [-0.15, -0.1) is 0 Å². The van der Waals surface area contributed by atoms with Gasteiger partial charge in [-0.3, -0.25) is 14.7 Å². The summed E-state index contributed by atoms with van der Waals surface area (Å²) in [6.45, 7) is 3.90. The van der Waals surface area contributed by atoms with Crippen molar-refractivity contribution in [3.63, 3.8) is 0 Å². The molecule has 1 saturated heterocycles. The third-order valence-corrected chi connectivity index (χ3v) is 3.92. The quantitative estimate of drug-likeness (QED) is 0.859. The number of nitrogens with zero attached hydrogens (tertiary/aromatic N) is 3. The van der Waals surface area contributed by atoms with Crippen molar-refractivity contribution in [1.29, 1.82) is 0 Å². The second kappa shape index (κ2) is 6.12. The summed E-state index contributed by atoms with van der Waals surface area (Å²) >= 11 is 0. The Labute approximate surface area is 114 Å². The minimum absolute atomic E-state index is 0.123. The van der Waals surface area contributed by atoms with Gasteiger partial charge in [-0.05, 0) is 32.0 Å². The van der Waals surface area contributed by atoms with Crippen LogP contribution in [0, 0.1) is 0 Å². The van der Waals surface area contributed by atoms with E-state index in [9.17, 15) is 4.79 Å². The van der Waals surface area contributed by atoms with Crippen LogP contribution in [0.2, 0.25) is 0 Å². The van der Waals surface area contributed by atoms with E-state index in [2.05, 4.69) is 16.8 Å². The van der Waals surface area contributed by atoms with Crippen LogP contribution >= 0.6 is 0 Å². The van der Waals surface area contributed by atoms with Crippen molar-refractivity contribution < 1.29 is 4.79 Å². The van der Waals surface area contributed by atoms with E-state index < -0.39 is 0 Å². The van der Waals surface area contributed by atoms with E-state index in [1.807, 2.05) is 30.3 Å². The zero-order valence-corrected chi connectivity index (χ0v) is 11.6. The Balaban J connectivity index is 2.14. The van der Waals surface area contributed by atoms with Crippen LogP contribution in [0.5, 0.6) is 0 Å². The van der Waals surface area contributed by atoms with Gasteiger partial charge in [-0.1, -0.05) is 6.07 Å². The van der Waals surface area contributed by atoms with E-state index in [0.717, 1.165) is 18.5 Å². The highest BCUT2D eigenvalue weighted by Gasteiger charge is 2.32. The molecular weight excluding hydrogens is 240 g/mol. The van der Waals surface area contributed by atoms with Crippen molar-refractivity contribution in [2.24, 2.45) is 5.73 Å². The van der Waals surface area contributed by atoms with Gasteiger partial charge in [0, 0.05) is 38.1 Å². The lowest BCUT2D eigenvalue weighted by molar-refractivity contribution is -0.135. The molecule has 1 aromatic rings. The van der Waals surface area contributed by atoms with Crippen LogP contribution in [0.4, 0.5) is 0 Å². The van der Waals surface area contributed by atoms with Crippen molar-refractivity contribution in [2.75, 3.05) is 20.1 Å². The topological polar surface area (TPSA) is 62.5 Å². The molecule has 2 N–H and O–H groups in total. The summed E-state index contributed by atoms with van der Waals surface area (Å²) in [5.41, 5.74) is 6.83. The average Bonchev–Trinajstić information content (AvgIpc) is 2.52. The summed E-state index contributed by atoms with van der Waals surface area (Å²) < 4.78 is 0. The monoisotopic (exact) mass is 262 g/mol. The first-order valence-corrected chi connectivity index (χ1v) is 6.73. The Hall–Kier alpha value is -1.46. The molecule has 0 radical (unpaired) electrons. The molecule has 5 nitrogen and oxygen atoms in total. The Kier molecular flexibility index (Phi) is 4.50. The maximum atomic E-state index is 12.5. The molecule has 0 bridgehead atoms. The van der Waals surface area contributed by atoms with Crippen molar-refractivity contribution in [1.82, 2.24) is 14.8 Å². The van der Waals surface area contributed by atoms with Crippen molar-refractivity contribution in [3.8, 4) is 0 Å². The van der Waals surface area contributed by atoms with Gasteiger partial charge in [-0.25, -0.2) is 0 Å². The van der Waals surface area contributed by atoms with Crippen molar-refractivity contribution in [2.45, 2.75) is 32.0 Å². The van der Waals surface area contributed by atoms with Crippen LogP contribution in [-0.2, 0) is 11.3 Å². The van der Waals surface area contributed by atoms with E-state index >= 15 is 0 Å². The van der Waals surface area contributed by atoms with Crippen LogP contribution in [-0.4, -0.2) is 52.9 Å². The maximum Gasteiger partial charge on any atom is 0.241 e. The van der Waals surface area contributed by atoms with Gasteiger partial charge in [0.1, 0.15) is 6.04 Å². The number of pyridine rings is 1. The number of likely N-dealkylation sites (N-methyl/N-ethyl adjacent to an activating group) is 1. The number of nitrogens with two attached hydrogens (primary N) is 1. The molecule has 2 heterocycles. The molecular formula is C14H22N4O. The largest absolute Gasteiger partial charge is 0.337 e. The molecule has 1 aromatic heterocycles. The highest BCUT2D eigenvalue weighted by molar-refractivity contribution is 5.82. The maximum absolute atomic E-state index is 12.5. The molecule has 104 valence electrons. The summed E-state index contributed by atoms with van der Waals surface area (Å²) in [6.07, 6.45) is 4.52. The fourth-order valence-corrected chi connectivity index (χ4v) is 2.48. The second-order valence-corrected chi connectivity index (χ2v) is 5.18. The molecule has 0 spiro atoms. The fraction of sp³-hybridized carbons (Fsp3) is 0.571. The van der Waals surface area contributed by atoms with E-state index in [0.29, 0.717) is 19.1 Å². The SMILES string of the molecule is CC1CCN(Cc2cccnc2)C(=O)C(CN)N1C. The average molecular weight is 262 g/mol. The number of hydrogen-bond acceptors (Lipinski definition) is 4. The van der Waals surface area contributed by atoms with Gasteiger partial charge >= 0.3 is 0 Å². The van der Waals surface area contributed by atoms with Crippen molar-refractivity contribution in [3.05, 3.63) is 30.1 Å². The van der Waals surface area contributed by atoms with Crippen LogP contribution < -0.4 is 5.73 Å². The van der Waals surface area contributed by atoms with Crippen LogP contribution in [0.15, 0.2) is 24.5 Å². The van der Waals surface area contributed by atoms with E-state index in [1.165, 1.54) is 0 Å².